The highest BCUT2D eigenvalue weighted by Crippen LogP contribution is 2.47. The van der Waals surface area contributed by atoms with Gasteiger partial charge in [0.15, 0.2) is 0 Å². The van der Waals surface area contributed by atoms with E-state index in [4.69, 9.17) is 9.56 Å². The van der Waals surface area contributed by atoms with Gasteiger partial charge < -0.3 is 4.42 Å². The van der Waals surface area contributed by atoms with Gasteiger partial charge in [0.25, 0.3) is 0 Å². The van der Waals surface area contributed by atoms with E-state index in [9.17, 15) is 8.42 Å². The Kier molecular flexibility index (Phi) is 2.57. The summed E-state index contributed by atoms with van der Waals surface area (Å²) in [5, 5.41) is 4.69. The van der Waals surface area contributed by atoms with Crippen LogP contribution in [-0.4, -0.2) is 8.42 Å². The van der Waals surface area contributed by atoms with E-state index in [1.807, 2.05) is 6.07 Å². The van der Waals surface area contributed by atoms with Crippen LogP contribution in [-0.2, 0) is 21.1 Å². The minimum absolute atomic E-state index is 0.139. The maximum Gasteiger partial charge on any atom is 0.333 e. The molecule has 5 nitrogen and oxygen atoms in total. The van der Waals surface area contributed by atoms with Gasteiger partial charge in [-0.15, -0.1) is 0 Å². The minimum atomic E-state index is -3.89. The zero-order chi connectivity index (χ0) is 11.1. The number of hydrogen-bond acceptors (Lipinski definition) is 4. The Morgan fingerprint density at radius 1 is 1.60 bits per heavy atom. The highest BCUT2D eigenvalue weighted by molar-refractivity contribution is 7.84. The number of rotatable bonds is 4. The van der Waals surface area contributed by atoms with E-state index in [2.05, 4.69) is 11.1 Å². The summed E-state index contributed by atoms with van der Waals surface area (Å²) in [6.07, 6.45) is 1.13. The molecule has 1 aromatic heterocycles. The zero-order valence-electron chi connectivity index (χ0n) is 8.34. The SMILES string of the molecule is CC1CC1c1ccc(COS(N)(=O)=O)o1. The quantitative estimate of drug-likeness (QED) is 0.841. The Bertz CT molecular complexity index is 450. The largest absolute Gasteiger partial charge is 0.463 e. The molecular formula is C9H13NO4S. The second-order valence-corrected chi connectivity index (χ2v) is 5.10. The molecule has 15 heavy (non-hydrogen) atoms. The molecule has 2 N–H and O–H groups in total. The topological polar surface area (TPSA) is 82.5 Å². The molecule has 1 aliphatic carbocycles. The van der Waals surface area contributed by atoms with Crippen molar-refractivity contribution in [1.82, 2.24) is 0 Å². The van der Waals surface area contributed by atoms with Crippen LogP contribution >= 0.6 is 0 Å². The summed E-state index contributed by atoms with van der Waals surface area (Å²) in [7, 11) is -3.89. The molecule has 2 rings (SSSR count). The number of hydrogen-bond donors (Lipinski definition) is 1. The van der Waals surface area contributed by atoms with Crippen molar-refractivity contribution in [3.63, 3.8) is 0 Å². The molecule has 0 spiro atoms. The van der Waals surface area contributed by atoms with Crippen molar-refractivity contribution in [2.45, 2.75) is 25.9 Å². The fraction of sp³-hybridized carbons (Fsp3) is 0.556. The molecule has 0 aromatic carbocycles. The van der Waals surface area contributed by atoms with Crippen molar-refractivity contribution in [3.05, 3.63) is 23.7 Å². The first-order chi connectivity index (χ1) is 6.96. The molecule has 1 saturated carbocycles. The van der Waals surface area contributed by atoms with Crippen molar-refractivity contribution in [2.75, 3.05) is 0 Å². The molecule has 0 aliphatic heterocycles. The molecule has 1 heterocycles. The van der Waals surface area contributed by atoms with Crippen LogP contribution in [0.4, 0.5) is 0 Å². The predicted octanol–water partition coefficient (Wildman–Crippen LogP) is 1.12. The number of nitrogens with two attached hydrogens (primary N) is 1. The molecule has 0 radical (unpaired) electrons. The Morgan fingerprint density at radius 3 is 2.80 bits per heavy atom. The van der Waals surface area contributed by atoms with E-state index in [1.54, 1.807) is 6.07 Å². The third kappa shape index (κ3) is 2.80. The predicted molar refractivity (Wildman–Crippen MR) is 53.1 cm³/mol. The molecule has 1 aliphatic rings. The molecular weight excluding hydrogens is 218 g/mol. The summed E-state index contributed by atoms with van der Waals surface area (Å²) in [4.78, 5) is 0. The Morgan fingerprint density at radius 2 is 2.27 bits per heavy atom. The van der Waals surface area contributed by atoms with Gasteiger partial charge in [-0.2, -0.15) is 8.42 Å². The van der Waals surface area contributed by atoms with Crippen LogP contribution in [0, 0.1) is 5.92 Å². The molecule has 1 aromatic rings. The van der Waals surface area contributed by atoms with Crippen LogP contribution in [0.2, 0.25) is 0 Å². The molecule has 6 heteroatoms. The lowest BCUT2D eigenvalue weighted by atomic mass is 10.3. The summed E-state index contributed by atoms with van der Waals surface area (Å²) >= 11 is 0. The monoisotopic (exact) mass is 231 g/mol. The van der Waals surface area contributed by atoms with Crippen LogP contribution in [0.5, 0.6) is 0 Å². The fourth-order valence-electron chi connectivity index (χ4n) is 1.53. The first-order valence-corrected chi connectivity index (χ1v) is 6.18. The maximum atomic E-state index is 10.5. The van der Waals surface area contributed by atoms with E-state index in [-0.39, 0.29) is 6.61 Å². The van der Waals surface area contributed by atoms with Gasteiger partial charge in [-0.05, 0) is 24.5 Å². The summed E-state index contributed by atoms with van der Waals surface area (Å²) < 4.78 is 30.9. The van der Waals surface area contributed by atoms with Crippen molar-refractivity contribution in [1.29, 1.82) is 0 Å². The molecule has 2 atom stereocenters. The van der Waals surface area contributed by atoms with Crippen LogP contribution in [0.25, 0.3) is 0 Å². The van der Waals surface area contributed by atoms with Crippen LogP contribution in [0.1, 0.15) is 30.8 Å². The van der Waals surface area contributed by atoms with Gasteiger partial charge in [-0.1, -0.05) is 6.92 Å². The molecule has 0 amide bonds. The van der Waals surface area contributed by atoms with Crippen LogP contribution in [0.15, 0.2) is 16.5 Å². The number of furan rings is 1. The third-order valence-corrected chi connectivity index (χ3v) is 2.97. The summed E-state index contributed by atoms with van der Waals surface area (Å²) in [6.45, 7) is 2.01. The third-order valence-electron chi connectivity index (χ3n) is 2.52. The zero-order valence-corrected chi connectivity index (χ0v) is 9.16. The summed E-state index contributed by atoms with van der Waals surface area (Å²) in [5.74, 6) is 2.52. The van der Waals surface area contributed by atoms with Gasteiger partial charge in [0, 0.05) is 5.92 Å². The van der Waals surface area contributed by atoms with Gasteiger partial charge in [0.2, 0.25) is 0 Å². The Labute approximate surface area is 88.5 Å². The highest BCUT2D eigenvalue weighted by Gasteiger charge is 2.36. The molecule has 1 fully saturated rings. The van der Waals surface area contributed by atoms with Gasteiger partial charge in [0.1, 0.15) is 18.1 Å². The van der Waals surface area contributed by atoms with Gasteiger partial charge >= 0.3 is 10.3 Å². The molecule has 0 saturated heterocycles. The second kappa shape index (κ2) is 3.62. The highest BCUT2D eigenvalue weighted by atomic mass is 32.2. The molecule has 0 bridgehead atoms. The van der Waals surface area contributed by atoms with E-state index >= 15 is 0 Å². The molecule has 2 unspecified atom stereocenters. The minimum Gasteiger partial charge on any atom is -0.463 e. The van der Waals surface area contributed by atoms with Crippen molar-refractivity contribution < 1.29 is 17.0 Å². The van der Waals surface area contributed by atoms with Crippen molar-refractivity contribution in [2.24, 2.45) is 11.1 Å². The van der Waals surface area contributed by atoms with Crippen molar-refractivity contribution in [3.8, 4) is 0 Å². The van der Waals surface area contributed by atoms with E-state index in [1.165, 1.54) is 0 Å². The molecule has 84 valence electrons. The van der Waals surface area contributed by atoms with Crippen LogP contribution < -0.4 is 5.14 Å². The fourth-order valence-corrected chi connectivity index (χ4v) is 1.81. The first-order valence-electron chi connectivity index (χ1n) is 4.71. The summed E-state index contributed by atoms with van der Waals surface area (Å²) in [6, 6.07) is 3.57. The normalized spacial score (nSPS) is 25.5. The smallest absolute Gasteiger partial charge is 0.333 e. The van der Waals surface area contributed by atoms with E-state index in [0.717, 1.165) is 12.2 Å². The van der Waals surface area contributed by atoms with Gasteiger partial charge in [-0.25, -0.2) is 5.14 Å². The van der Waals surface area contributed by atoms with Crippen molar-refractivity contribution >= 4 is 10.3 Å². The van der Waals surface area contributed by atoms with Gasteiger partial charge in [-0.3, -0.25) is 4.18 Å². The lowest BCUT2D eigenvalue weighted by Gasteiger charge is -1.97. The summed E-state index contributed by atoms with van der Waals surface area (Å²) in [5.41, 5.74) is 0. The maximum absolute atomic E-state index is 10.5. The van der Waals surface area contributed by atoms with Crippen LogP contribution in [0.3, 0.4) is 0 Å². The van der Waals surface area contributed by atoms with E-state index in [0.29, 0.717) is 17.6 Å². The second-order valence-electron chi connectivity index (χ2n) is 3.88. The lowest BCUT2D eigenvalue weighted by molar-refractivity contribution is 0.270. The lowest BCUT2D eigenvalue weighted by Crippen LogP contribution is -2.15. The van der Waals surface area contributed by atoms with Gasteiger partial charge in [0.05, 0.1) is 0 Å². The first kappa shape index (κ1) is 10.7. The average molecular weight is 231 g/mol. The standard InChI is InChI=1S/C9H13NO4S/c1-6-4-8(6)9-3-2-7(14-9)5-13-15(10,11)12/h2-3,6,8H,4-5H2,1H3,(H2,10,11,12). The van der Waals surface area contributed by atoms with E-state index < -0.39 is 10.3 Å². The average Bonchev–Trinajstić information content (AvgIpc) is 2.68. The Hall–Kier alpha value is -0.850. The Balaban J connectivity index is 1.96.